The number of methoxy groups -OCH3 is 1. The predicted molar refractivity (Wildman–Crippen MR) is 136 cm³/mol. The van der Waals surface area contributed by atoms with Crippen LogP contribution in [0.25, 0.3) is 11.3 Å². The quantitative estimate of drug-likeness (QED) is 0.306. The topological polar surface area (TPSA) is 56.6 Å². The number of ether oxygens (including phenoxy) is 2. The summed E-state index contributed by atoms with van der Waals surface area (Å²) in [6, 6.07) is 27.0. The predicted octanol–water partition coefficient (Wildman–Crippen LogP) is 5.94. The van der Waals surface area contributed by atoms with E-state index in [1.165, 1.54) is 0 Å². The van der Waals surface area contributed by atoms with Gasteiger partial charge in [-0.3, -0.25) is 4.79 Å². The van der Waals surface area contributed by atoms with Crippen molar-refractivity contribution in [3.05, 3.63) is 96.1 Å². The van der Waals surface area contributed by atoms with Crippen LogP contribution in [0.4, 0.5) is 0 Å². The van der Waals surface area contributed by atoms with E-state index in [1.54, 1.807) is 11.8 Å². The molecule has 0 radical (unpaired) electrons. The Hall–Kier alpha value is -4.06. The number of hydrogen-bond acceptors (Lipinski definition) is 4. The van der Waals surface area contributed by atoms with E-state index < -0.39 is 0 Å². The van der Waals surface area contributed by atoms with Crippen LogP contribution < -0.4 is 9.47 Å². The molecule has 35 heavy (non-hydrogen) atoms. The monoisotopic (exact) mass is 467 g/mol. The Bertz CT molecular complexity index is 1300. The number of nitrogens with zero attached hydrogens (tertiary/aromatic N) is 3. The molecule has 1 aliphatic rings. The normalized spacial score (nSPS) is 12.9. The minimum Gasteiger partial charge on any atom is -0.493 e. The van der Waals surface area contributed by atoms with Crippen molar-refractivity contribution in [1.29, 1.82) is 0 Å². The first-order chi connectivity index (χ1) is 17.1. The average Bonchev–Trinajstić information content (AvgIpc) is 3.68. The van der Waals surface area contributed by atoms with Crippen LogP contribution in [0.2, 0.25) is 0 Å². The zero-order valence-corrected chi connectivity index (χ0v) is 20.1. The second-order valence-electron chi connectivity index (χ2n) is 8.87. The van der Waals surface area contributed by atoms with Crippen molar-refractivity contribution in [2.75, 3.05) is 13.7 Å². The molecule has 1 fully saturated rings. The Balaban J connectivity index is 1.57. The van der Waals surface area contributed by atoms with Crippen molar-refractivity contribution in [3.63, 3.8) is 0 Å². The minimum atomic E-state index is 0.0172. The summed E-state index contributed by atoms with van der Waals surface area (Å²) in [4.78, 5) is 15.5. The number of aryl methyl sites for hydroxylation is 1. The second kappa shape index (κ2) is 10.1. The zero-order chi connectivity index (χ0) is 24.2. The minimum absolute atomic E-state index is 0.0172. The molecule has 1 amide bonds. The molecule has 6 heteroatoms. The fourth-order valence-electron chi connectivity index (χ4n) is 4.24. The van der Waals surface area contributed by atoms with Gasteiger partial charge in [0.15, 0.2) is 11.5 Å². The van der Waals surface area contributed by atoms with Gasteiger partial charge in [0.05, 0.1) is 19.2 Å². The van der Waals surface area contributed by atoms with Crippen LogP contribution in [-0.2, 0) is 13.6 Å². The van der Waals surface area contributed by atoms with Crippen LogP contribution in [-0.4, -0.2) is 34.2 Å². The number of benzene rings is 3. The highest BCUT2D eigenvalue weighted by atomic mass is 16.5. The summed E-state index contributed by atoms with van der Waals surface area (Å²) in [5.74, 6) is 2.38. The molecule has 1 heterocycles. The van der Waals surface area contributed by atoms with Gasteiger partial charge in [-0.25, -0.2) is 4.68 Å². The van der Waals surface area contributed by atoms with Gasteiger partial charge in [0.1, 0.15) is 5.69 Å². The highest BCUT2D eigenvalue weighted by molar-refractivity contribution is 5.94. The van der Waals surface area contributed by atoms with Gasteiger partial charge in [0.2, 0.25) is 5.88 Å². The largest absolute Gasteiger partial charge is 0.493 e. The molecule has 0 N–H and O–H groups in total. The fraction of sp³-hybridized carbons (Fsp3) is 0.241. The van der Waals surface area contributed by atoms with Gasteiger partial charge in [-0.05, 0) is 43.0 Å². The van der Waals surface area contributed by atoms with E-state index in [9.17, 15) is 4.79 Å². The number of aromatic nitrogens is 2. The molecule has 6 nitrogen and oxygen atoms in total. The third-order valence-corrected chi connectivity index (χ3v) is 6.24. The molecule has 0 unspecified atom stereocenters. The molecule has 178 valence electrons. The van der Waals surface area contributed by atoms with Crippen LogP contribution in [0.1, 0.15) is 28.8 Å². The Kier molecular flexibility index (Phi) is 6.53. The maximum atomic E-state index is 13.6. The highest BCUT2D eigenvalue weighted by Gasteiger charge is 2.30. The maximum Gasteiger partial charge on any atom is 0.254 e. The lowest BCUT2D eigenvalue weighted by atomic mass is 10.1. The molecule has 0 atom stereocenters. The summed E-state index contributed by atoms with van der Waals surface area (Å²) in [6.07, 6.45) is 2.31. The SMILES string of the molecule is COc1ccccc1Oc1c(CN(CC2CC2)C(=O)c2ccccc2)c(-c2ccccc2)nn1C. The van der Waals surface area contributed by atoms with Gasteiger partial charge in [-0.2, -0.15) is 5.10 Å². The lowest BCUT2D eigenvalue weighted by Crippen LogP contribution is -2.32. The van der Waals surface area contributed by atoms with Gasteiger partial charge in [-0.15, -0.1) is 0 Å². The molecule has 3 aromatic carbocycles. The number of carbonyl (C=O) groups is 1. The number of para-hydroxylation sites is 2. The highest BCUT2D eigenvalue weighted by Crippen LogP contribution is 2.38. The van der Waals surface area contributed by atoms with Crippen LogP contribution in [0.15, 0.2) is 84.9 Å². The third-order valence-electron chi connectivity index (χ3n) is 6.24. The van der Waals surface area contributed by atoms with E-state index in [4.69, 9.17) is 14.6 Å². The molecular formula is C29H29N3O3. The van der Waals surface area contributed by atoms with E-state index in [-0.39, 0.29) is 5.91 Å². The van der Waals surface area contributed by atoms with Crippen molar-refractivity contribution < 1.29 is 14.3 Å². The van der Waals surface area contributed by atoms with Crippen LogP contribution in [0.5, 0.6) is 17.4 Å². The first-order valence-corrected chi connectivity index (χ1v) is 11.9. The van der Waals surface area contributed by atoms with Crippen molar-refractivity contribution in [2.24, 2.45) is 13.0 Å². The molecule has 1 saturated carbocycles. The molecule has 1 aromatic heterocycles. The summed E-state index contributed by atoms with van der Waals surface area (Å²) >= 11 is 0. The summed E-state index contributed by atoms with van der Waals surface area (Å²) in [5, 5.41) is 4.83. The molecule has 1 aliphatic carbocycles. The first-order valence-electron chi connectivity index (χ1n) is 11.9. The lowest BCUT2D eigenvalue weighted by molar-refractivity contribution is 0.0734. The number of amides is 1. The summed E-state index contributed by atoms with van der Waals surface area (Å²) < 4.78 is 13.7. The summed E-state index contributed by atoms with van der Waals surface area (Å²) in [5.41, 5.74) is 3.34. The molecule has 4 aromatic rings. The van der Waals surface area contributed by atoms with Gasteiger partial charge < -0.3 is 14.4 Å². The van der Waals surface area contributed by atoms with Gasteiger partial charge in [0.25, 0.3) is 5.91 Å². The van der Waals surface area contributed by atoms with E-state index in [2.05, 4.69) is 0 Å². The molecule has 0 saturated heterocycles. The van der Waals surface area contributed by atoms with Crippen molar-refractivity contribution in [2.45, 2.75) is 19.4 Å². The zero-order valence-electron chi connectivity index (χ0n) is 20.1. The number of hydrogen-bond donors (Lipinski definition) is 0. The molecule has 0 spiro atoms. The van der Waals surface area contributed by atoms with E-state index in [0.29, 0.717) is 41.9 Å². The number of carbonyl (C=O) groups excluding carboxylic acids is 1. The summed E-state index contributed by atoms with van der Waals surface area (Å²) in [7, 11) is 3.49. The smallest absolute Gasteiger partial charge is 0.254 e. The number of rotatable bonds is 9. The Morgan fingerprint density at radius 1 is 0.943 bits per heavy atom. The second-order valence-corrected chi connectivity index (χ2v) is 8.87. The Morgan fingerprint density at radius 3 is 2.23 bits per heavy atom. The molecule has 0 bridgehead atoms. The van der Waals surface area contributed by atoms with Crippen molar-refractivity contribution >= 4 is 5.91 Å². The van der Waals surface area contributed by atoms with Gasteiger partial charge >= 0.3 is 0 Å². The Labute approximate surface area is 205 Å². The molecule has 0 aliphatic heterocycles. The van der Waals surface area contributed by atoms with E-state index in [0.717, 1.165) is 29.7 Å². The first kappa shape index (κ1) is 22.7. The van der Waals surface area contributed by atoms with Crippen LogP contribution in [0, 0.1) is 5.92 Å². The average molecular weight is 468 g/mol. The van der Waals surface area contributed by atoms with Crippen molar-refractivity contribution in [1.82, 2.24) is 14.7 Å². The Morgan fingerprint density at radius 2 is 1.57 bits per heavy atom. The van der Waals surface area contributed by atoms with Crippen LogP contribution >= 0.6 is 0 Å². The molecular weight excluding hydrogens is 438 g/mol. The summed E-state index contributed by atoms with van der Waals surface area (Å²) in [6.45, 7) is 1.11. The lowest BCUT2D eigenvalue weighted by Gasteiger charge is -2.24. The van der Waals surface area contributed by atoms with E-state index >= 15 is 0 Å². The standard InChI is InChI=1S/C29H29N3O3/c1-31-29(35-26-16-10-9-15-25(26)34-2)24(27(30-31)22-11-5-3-6-12-22)20-32(19-21-17-18-21)28(33)23-13-7-4-8-14-23/h3-16,21H,17-20H2,1-2H3. The molecule has 5 rings (SSSR count). The fourth-order valence-corrected chi connectivity index (χ4v) is 4.24. The third kappa shape index (κ3) is 5.06. The van der Waals surface area contributed by atoms with Crippen molar-refractivity contribution in [3.8, 4) is 28.6 Å². The van der Waals surface area contributed by atoms with Gasteiger partial charge in [0, 0.05) is 24.7 Å². The van der Waals surface area contributed by atoms with Crippen LogP contribution in [0.3, 0.4) is 0 Å². The van der Waals surface area contributed by atoms with E-state index in [1.807, 2.05) is 96.9 Å². The van der Waals surface area contributed by atoms with Gasteiger partial charge in [-0.1, -0.05) is 60.7 Å². The maximum absolute atomic E-state index is 13.6.